The third kappa shape index (κ3) is 1.69. The summed E-state index contributed by atoms with van der Waals surface area (Å²) in [5, 5.41) is 0. The van der Waals surface area contributed by atoms with Gasteiger partial charge in [0.1, 0.15) is 0 Å². The lowest BCUT2D eigenvalue weighted by molar-refractivity contribution is 0.390. The molecule has 0 aliphatic heterocycles. The molecule has 0 atom stereocenters. The number of rotatable bonds is 3. The predicted molar refractivity (Wildman–Crippen MR) is 57.1 cm³/mol. The minimum atomic E-state index is 0.812. The Bertz CT molecular complexity index is 251. The van der Waals surface area contributed by atoms with E-state index in [0.29, 0.717) is 0 Å². The van der Waals surface area contributed by atoms with Crippen LogP contribution in [0, 0.1) is 0 Å². The largest absolute Gasteiger partial charge is 0.369 e. The lowest BCUT2D eigenvalue weighted by Crippen LogP contribution is -2.40. The van der Waals surface area contributed by atoms with Crippen molar-refractivity contribution in [3.63, 3.8) is 0 Å². The molecule has 0 radical (unpaired) electrons. The van der Waals surface area contributed by atoms with E-state index in [9.17, 15) is 0 Å². The van der Waals surface area contributed by atoms with Crippen LogP contribution < -0.4 is 4.90 Å². The maximum absolute atomic E-state index is 2.52. The molecule has 70 valence electrons. The first-order valence-electron chi connectivity index (χ1n) is 5.23. The van der Waals surface area contributed by atoms with Crippen LogP contribution in [0.5, 0.6) is 0 Å². The number of benzene rings is 1. The molecule has 2 rings (SSSR count). The van der Waals surface area contributed by atoms with Gasteiger partial charge in [-0.05, 0) is 38.3 Å². The van der Waals surface area contributed by atoms with Gasteiger partial charge >= 0.3 is 0 Å². The molecule has 0 saturated heterocycles. The molecule has 1 heteroatoms. The fourth-order valence-electron chi connectivity index (χ4n) is 1.97. The van der Waals surface area contributed by atoms with Gasteiger partial charge in [-0.15, -0.1) is 0 Å². The van der Waals surface area contributed by atoms with Crippen LogP contribution >= 0.6 is 0 Å². The van der Waals surface area contributed by atoms with Crippen LogP contribution in [0.4, 0.5) is 5.69 Å². The van der Waals surface area contributed by atoms with Gasteiger partial charge in [0.25, 0.3) is 0 Å². The Morgan fingerprint density at radius 2 is 1.92 bits per heavy atom. The van der Waals surface area contributed by atoms with Crippen LogP contribution in [-0.2, 0) is 0 Å². The van der Waals surface area contributed by atoms with E-state index >= 15 is 0 Å². The molecule has 1 saturated carbocycles. The van der Waals surface area contributed by atoms with Crippen molar-refractivity contribution in [3.05, 3.63) is 30.3 Å². The fraction of sp³-hybridized carbons (Fsp3) is 0.500. The molecular formula is C12H17N. The van der Waals surface area contributed by atoms with Crippen molar-refractivity contribution in [2.45, 2.75) is 32.2 Å². The van der Waals surface area contributed by atoms with E-state index in [0.717, 1.165) is 12.6 Å². The van der Waals surface area contributed by atoms with Crippen LogP contribution in [0.15, 0.2) is 30.3 Å². The second kappa shape index (κ2) is 3.82. The summed E-state index contributed by atoms with van der Waals surface area (Å²) in [7, 11) is 0. The third-order valence-electron chi connectivity index (χ3n) is 2.94. The first kappa shape index (κ1) is 8.61. The van der Waals surface area contributed by atoms with E-state index in [1.165, 1.54) is 24.9 Å². The van der Waals surface area contributed by atoms with Gasteiger partial charge in [-0.25, -0.2) is 0 Å². The van der Waals surface area contributed by atoms with Gasteiger partial charge in [0.15, 0.2) is 0 Å². The maximum Gasteiger partial charge on any atom is 0.0368 e. The second-order valence-electron chi connectivity index (χ2n) is 3.71. The molecule has 1 fully saturated rings. The Hall–Kier alpha value is -0.980. The highest BCUT2D eigenvalue weighted by molar-refractivity contribution is 5.47. The molecule has 1 aliphatic carbocycles. The second-order valence-corrected chi connectivity index (χ2v) is 3.71. The Morgan fingerprint density at radius 3 is 2.38 bits per heavy atom. The molecule has 1 aromatic rings. The number of nitrogens with zero attached hydrogens (tertiary/aromatic N) is 1. The van der Waals surface area contributed by atoms with E-state index in [2.05, 4.69) is 42.2 Å². The average Bonchev–Trinajstić information content (AvgIpc) is 2.12. The average molecular weight is 175 g/mol. The van der Waals surface area contributed by atoms with Gasteiger partial charge in [-0.2, -0.15) is 0 Å². The Kier molecular flexibility index (Phi) is 2.53. The molecule has 13 heavy (non-hydrogen) atoms. The predicted octanol–water partition coefficient (Wildman–Crippen LogP) is 3.07. The van der Waals surface area contributed by atoms with Crippen LogP contribution in [0.1, 0.15) is 26.2 Å². The maximum atomic E-state index is 2.52. The number of hydrogen-bond acceptors (Lipinski definition) is 1. The molecule has 1 aliphatic rings. The van der Waals surface area contributed by atoms with Crippen molar-refractivity contribution >= 4 is 5.69 Å². The smallest absolute Gasteiger partial charge is 0.0368 e. The molecule has 0 bridgehead atoms. The van der Waals surface area contributed by atoms with Crippen LogP contribution in [0.2, 0.25) is 0 Å². The quantitative estimate of drug-likeness (QED) is 0.682. The summed E-state index contributed by atoms with van der Waals surface area (Å²) in [6.45, 7) is 3.38. The van der Waals surface area contributed by atoms with Gasteiger partial charge in [-0.3, -0.25) is 0 Å². The first-order valence-corrected chi connectivity index (χ1v) is 5.23. The molecule has 0 N–H and O–H groups in total. The van der Waals surface area contributed by atoms with E-state index < -0.39 is 0 Å². The van der Waals surface area contributed by atoms with E-state index in [1.54, 1.807) is 0 Å². The Labute approximate surface area is 80.4 Å². The topological polar surface area (TPSA) is 3.24 Å². The third-order valence-corrected chi connectivity index (χ3v) is 2.94. The highest BCUT2D eigenvalue weighted by Gasteiger charge is 2.23. The van der Waals surface area contributed by atoms with Crippen molar-refractivity contribution in [1.29, 1.82) is 0 Å². The van der Waals surface area contributed by atoms with Gasteiger partial charge < -0.3 is 4.90 Å². The highest BCUT2D eigenvalue weighted by Crippen LogP contribution is 2.28. The van der Waals surface area contributed by atoms with Crippen molar-refractivity contribution < 1.29 is 0 Å². The van der Waals surface area contributed by atoms with E-state index in [4.69, 9.17) is 0 Å². The molecule has 0 amide bonds. The van der Waals surface area contributed by atoms with Crippen molar-refractivity contribution in [1.82, 2.24) is 0 Å². The zero-order chi connectivity index (χ0) is 9.10. The number of para-hydroxylation sites is 1. The monoisotopic (exact) mass is 175 g/mol. The van der Waals surface area contributed by atoms with Crippen molar-refractivity contribution in [3.8, 4) is 0 Å². The zero-order valence-corrected chi connectivity index (χ0v) is 8.24. The lowest BCUT2D eigenvalue weighted by atomic mass is 9.91. The first-order chi connectivity index (χ1) is 6.42. The Balaban J connectivity index is 2.12. The van der Waals surface area contributed by atoms with Gasteiger partial charge in [0, 0.05) is 18.3 Å². The highest BCUT2D eigenvalue weighted by atomic mass is 15.2. The van der Waals surface area contributed by atoms with Gasteiger partial charge in [-0.1, -0.05) is 18.2 Å². The molecule has 0 heterocycles. The molecule has 0 aromatic heterocycles. The molecule has 1 aromatic carbocycles. The SMILES string of the molecule is CCN(c1ccccc1)C1CCC1. The summed E-state index contributed by atoms with van der Waals surface area (Å²) < 4.78 is 0. The van der Waals surface area contributed by atoms with Gasteiger partial charge in [0.2, 0.25) is 0 Å². The summed E-state index contributed by atoms with van der Waals surface area (Å²) in [6, 6.07) is 11.6. The normalized spacial score (nSPS) is 16.7. The van der Waals surface area contributed by atoms with Crippen LogP contribution in [0.25, 0.3) is 0 Å². The van der Waals surface area contributed by atoms with E-state index in [1.807, 2.05) is 0 Å². The standard InChI is InChI=1S/C12H17N/c1-2-13(12-9-6-10-12)11-7-4-3-5-8-11/h3-5,7-8,12H,2,6,9-10H2,1H3. The molecule has 0 unspecified atom stereocenters. The molecular weight excluding hydrogens is 158 g/mol. The van der Waals surface area contributed by atoms with Crippen molar-refractivity contribution in [2.75, 3.05) is 11.4 Å². The number of hydrogen-bond donors (Lipinski definition) is 0. The number of anilines is 1. The van der Waals surface area contributed by atoms with Crippen molar-refractivity contribution in [2.24, 2.45) is 0 Å². The Morgan fingerprint density at radius 1 is 1.23 bits per heavy atom. The fourth-order valence-corrected chi connectivity index (χ4v) is 1.97. The summed E-state index contributed by atoms with van der Waals surface area (Å²) in [6.07, 6.45) is 4.17. The minimum absolute atomic E-state index is 0.812. The lowest BCUT2D eigenvalue weighted by Gasteiger charge is -2.38. The van der Waals surface area contributed by atoms with Crippen LogP contribution in [-0.4, -0.2) is 12.6 Å². The van der Waals surface area contributed by atoms with Crippen LogP contribution in [0.3, 0.4) is 0 Å². The zero-order valence-electron chi connectivity index (χ0n) is 8.24. The molecule has 0 spiro atoms. The summed E-state index contributed by atoms with van der Waals surface area (Å²) in [5.41, 5.74) is 1.38. The molecule has 1 nitrogen and oxygen atoms in total. The minimum Gasteiger partial charge on any atom is -0.369 e. The summed E-state index contributed by atoms with van der Waals surface area (Å²) in [5.74, 6) is 0. The summed E-state index contributed by atoms with van der Waals surface area (Å²) >= 11 is 0. The summed E-state index contributed by atoms with van der Waals surface area (Å²) in [4.78, 5) is 2.52. The van der Waals surface area contributed by atoms with E-state index in [-0.39, 0.29) is 0 Å². The van der Waals surface area contributed by atoms with Gasteiger partial charge in [0.05, 0.1) is 0 Å².